The molecule has 1 aromatic heterocycles. The Morgan fingerprint density at radius 2 is 1.97 bits per heavy atom. The zero-order chi connectivity index (χ0) is 20.2. The Hall–Kier alpha value is -2.46. The molecule has 2 heterocycles. The molecule has 1 aromatic carbocycles. The van der Waals surface area contributed by atoms with Crippen LogP contribution in [-0.4, -0.2) is 32.5 Å². The zero-order valence-electron chi connectivity index (χ0n) is 17.2. The molecule has 4 heteroatoms. The van der Waals surface area contributed by atoms with Crippen LogP contribution in [0.2, 0.25) is 0 Å². The maximum atomic E-state index is 13.4. The van der Waals surface area contributed by atoms with Crippen LogP contribution in [0, 0.1) is 5.92 Å². The number of amides is 1. The molecule has 1 N–H and O–H groups in total. The maximum Gasteiger partial charge on any atom is 0.255 e. The minimum absolute atomic E-state index is 0.0548. The van der Waals surface area contributed by atoms with E-state index in [4.69, 9.17) is 0 Å². The van der Waals surface area contributed by atoms with E-state index in [2.05, 4.69) is 23.2 Å². The summed E-state index contributed by atoms with van der Waals surface area (Å²) in [7, 11) is 0. The molecule has 1 atom stereocenters. The molecule has 3 aliphatic rings. The van der Waals surface area contributed by atoms with Gasteiger partial charge in [0, 0.05) is 18.4 Å². The predicted octanol–water partition coefficient (Wildman–Crippen LogP) is 4.25. The molecular formula is C25H28N2O2. The van der Waals surface area contributed by atoms with E-state index in [0.717, 1.165) is 42.4 Å². The lowest BCUT2D eigenvalue weighted by Crippen LogP contribution is -2.51. The monoisotopic (exact) mass is 388 g/mol. The van der Waals surface area contributed by atoms with E-state index < -0.39 is 5.60 Å². The van der Waals surface area contributed by atoms with Gasteiger partial charge in [0.2, 0.25) is 0 Å². The molecule has 150 valence electrons. The highest BCUT2D eigenvalue weighted by molar-refractivity contribution is 6.02. The summed E-state index contributed by atoms with van der Waals surface area (Å²) in [5.41, 5.74) is 5.69. The second-order valence-corrected chi connectivity index (χ2v) is 9.26. The van der Waals surface area contributed by atoms with Gasteiger partial charge in [-0.05, 0) is 80.2 Å². The van der Waals surface area contributed by atoms with Gasteiger partial charge in [0.25, 0.3) is 5.91 Å². The second-order valence-electron chi connectivity index (χ2n) is 9.26. The number of carbonyl (C=O) groups excluding carboxylic acids is 1. The number of nitrogens with zero attached hydrogens (tertiary/aromatic N) is 2. The van der Waals surface area contributed by atoms with Gasteiger partial charge in [0.1, 0.15) is 0 Å². The van der Waals surface area contributed by atoms with Crippen LogP contribution in [0.25, 0.3) is 12.2 Å². The van der Waals surface area contributed by atoms with E-state index in [-0.39, 0.29) is 11.9 Å². The van der Waals surface area contributed by atoms with E-state index in [1.54, 1.807) is 0 Å². The van der Waals surface area contributed by atoms with Crippen molar-refractivity contribution in [3.63, 3.8) is 0 Å². The minimum atomic E-state index is -0.896. The summed E-state index contributed by atoms with van der Waals surface area (Å²) in [6.07, 6.45) is 11.6. The van der Waals surface area contributed by atoms with Crippen molar-refractivity contribution >= 4 is 18.1 Å². The van der Waals surface area contributed by atoms with Gasteiger partial charge in [-0.25, -0.2) is 0 Å². The summed E-state index contributed by atoms with van der Waals surface area (Å²) >= 11 is 0. The van der Waals surface area contributed by atoms with Crippen molar-refractivity contribution in [1.29, 1.82) is 0 Å². The van der Waals surface area contributed by atoms with Crippen LogP contribution >= 0.6 is 0 Å². The van der Waals surface area contributed by atoms with Crippen LogP contribution in [0.1, 0.15) is 71.4 Å². The average molecular weight is 389 g/mol. The van der Waals surface area contributed by atoms with Gasteiger partial charge in [-0.1, -0.05) is 30.4 Å². The predicted molar refractivity (Wildman–Crippen MR) is 114 cm³/mol. The molecule has 1 fully saturated rings. The number of benzene rings is 1. The van der Waals surface area contributed by atoms with Gasteiger partial charge in [-0.2, -0.15) is 0 Å². The molecule has 29 heavy (non-hydrogen) atoms. The lowest BCUT2D eigenvalue weighted by atomic mass is 9.93. The molecule has 2 aliphatic carbocycles. The van der Waals surface area contributed by atoms with Crippen LogP contribution in [0.3, 0.4) is 0 Å². The summed E-state index contributed by atoms with van der Waals surface area (Å²) in [5.74, 6) is 0.464. The van der Waals surface area contributed by atoms with Crippen molar-refractivity contribution < 1.29 is 9.90 Å². The first kappa shape index (κ1) is 18.6. The zero-order valence-corrected chi connectivity index (χ0v) is 17.2. The molecular weight excluding hydrogens is 360 g/mol. The molecule has 1 unspecified atom stereocenters. The van der Waals surface area contributed by atoms with E-state index in [0.29, 0.717) is 12.5 Å². The molecule has 0 spiro atoms. The van der Waals surface area contributed by atoms with Crippen molar-refractivity contribution in [3.05, 3.63) is 64.0 Å². The maximum absolute atomic E-state index is 13.4. The Labute approximate surface area is 172 Å². The highest BCUT2D eigenvalue weighted by Gasteiger charge is 2.48. The molecule has 1 saturated carbocycles. The number of aromatic nitrogens is 1. The van der Waals surface area contributed by atoms with Gasteiger partial charge in [0.05, 0.1) is 17.2 Å². The van der Waals surface area contributed by atoms with Crippen molar-refractivity contribution in [3.8, 4) is 0 Å². The van der Waals surface area contributed by atoms with Crippen molar-refractivity contribution in [1.82, 2.24) is 9.88 Å². The molecule has 5 rings (SSSR count). The van der Waals surface area contributed by atoms with Crippen molar-refractivity contribution in [2.45, 2.75) is 64.1 Å². The summed E-state index contributed by atoms with van der Waals surface area (Å²) in [6.45, 7) is 4.25. The quantitative estimate of drug-likeness (QED) is 0.833. The van der Waals surface area contributed by atoms with Crippen LogP contribution in [0.4, 0.5) is 0 Å². The topological polar surface area (TPSA) is 53.4 Å². The number of hydrogen-bond donors (Lipinski definition) is 1. The number of pyridine rings is 1. The van der Waals surface area contributed by atoms with Crippen molar-refractivity contribution in [2.75, 3.05) is 0 Å². The fourth-order valence-electron chi connectivity index (χ4n) is 5.22. The van der Waals surface area contributed by atoms with E-state index in [9.17, 15) is 9.90 Å². The first-order valence-corrected chi connectivity index (χ1v) is 10.7. The Bertz CT molecular complexity index is 998. The first-order chi connectivity index (χ1) is 13.9. The van der Waals surface area contributed by atoms with Crippen LogP contribution < -0.4 is 0 Å². The lowest BCUT2D eigenvalue weighted by Gasteiger charge is -2.37. The Balaban J connectivity index is 1.47. The van der Waals surface area contributed by atoms with E-state index in [1.807, 2.05) is 43.1 Å². The molecule has 1 amide bonds. The summed E-state index contributed by atoms with van der Waals surface area (Å²) in [5, 5.41) is 10.7. The standard InChI is InChI=1S/C25H28N2O2/c1-25(2,29)23(18-11-12-18)27-15-19-6-3-5-17(22(19)24(27)28)10-9-16-13-14-26-21-8-4-7-20(16)21/h3,5-6,9-10,13-14,18,23,29H,4,7-8,11-12,15H2,1-2H3/b10-9+. The molecule has 0 radical (unpaired) electrons. The van der Waals surface area contributed by atoms with Crippen LogP contribution in [0.15, 0.2) is 30.5 Å². The number of fused-ring (bicyclic) bond motifs is 2. The average Bonchev–Trinajstić information content (AvgIpc) is 3.27. The number of aryl methyl sites for hydroxylation is 1. The van der Waals surface area contributed by atoms with Gasteiger partial charge < -0.3 is 10.0 Å². The SMILES string of the molecule is CC(C)(O)C(C1CC1)N1Cc2cccc(/C=C/c3ccnc4c3CCC4)c2C1=O. The molecule has 0 saturated heterocycles. The lowest BCUT2D eigenvalue weighted by molar-refractivity contribution is -0.0224. The van der Waals surface area contributed by atoms with Crippen LogP contribution in [-0.2, 0) is 19.4 Å². The van der Waals surface area contributed by atoms with Crippen LogP contribution in [0.5, 0.6) is 0 Å². The first-order valence-electron chi connectivity index (χ1n) is 10.7. The second kappa shape index (κ2) is 6.81. The Morgan fingerprint density at radius 3 is 2.72 bits per heavy atom. The Kier molecular flexibility index (Phi) is 4.36. The third-order valence-electron chi connectivity index (χ3n) is 6.59. The minimum Gasteiger partial charge on any atom is -0.388 e. The third kappa shape index (κ3) is 3.29. The van der Waals surface area contributed by atoms with E-state index >= 15 is 0 Å². The normalized spacial score (nSPS) is 19.7. The number of hydrogen-bond acceptors (Lipinski definition) is 3. The third-order valence-corrected chi connectivity index (χ3v) is 6.59. The summed E-state index contributed by atoms with van der Waals surface area (Å²) in [4.78, 5) is 19.8. The van der Waals surface area contributed by atoms with Gasteiger partial charge in [0.15, 0.2) is 0 Å². The fourth-order valence-corrected chi connectivity index (χ4v) is 5.22. The molecule has 2 aromatic rings. The highest BCUT2D eigenvalue weighted by Crippen LogP contribution is 2.43. The molecule has 0 bridgehead atoms. The largest absolute Gasteiger partial charge is 0.388 e. The van der Waals surface area contributed by atoms with Crippen molar-refractivity contribution in [2.24, 2.45) is 5.92 Å². The number of carbonyl (C=O) groups is 1. The molecule has 1 aliphatic heterocycles. The van der Waals surface area contributed by atoms with Gasteiger partial charge >= 0.3 is 0 Å². The smallest absolute Gasteiger partial charge is 0.255 e. The van der Waals surface area contributed by atoms with Gasteiger partial charge in [-0.3, -0.25) is 9.78 Å². The molecule has 4 nitrogen and oxygen atoms in total. The Morgan fingerprint density at radius 1 is 1.17 bits per heavy atom. The van der Waals surface area contributed by atoms with Gasteiger partial charge in [-0.15, -0.1) is 0 Å². The summed E-state index contributed by atoms with van der Waals surface area (Å²) in [6, 6.07) is 8.04. The highest BCUT2D eigenvalue weighted by atomic mass is 16.3. The van der Waals surface area contributed by atoms with E-state index in [1.165, 1.54) is 23.2 Å². The summed E-state index contributed by atoms with van der Waals surface area (Å²) < 4.78 is 0. The fraction of sp³-hybridized carbons (Fsp3) is 0.440. The number of aliphatic hydroxyl groups is 1. The number of rotatable bonds is 5.